The van der Waals surface area contributed by atoms with Crippen LogP contribution < -0.4 is 10.1 Å². The molecule has 0 aliphatic carbocycles. The fraction of sp³-hybridized carbons (Fsp3) is 0.200. The van der Waals surface area contributed by atoms with Gasteiger partial charge in [-0.05, 0) is 51.1 Å². The molecule has 0 fully saturated rings. The van der Waals surface area contributed by atoms with Gasteiger partial charge < -0.3 is 10.1 Å². The summed E-state index contributed by atoms with van der Waals surface area (Å²) in [5, 5.41) is 8.02. The van der Waals surface area contributed by atoms with Crippen LogP contribution in [0.3, 0.4) is 0 Å². The molecule has 6 heteroatoms. The van der Waals surface area contributed by atoms with Gasteiger partial charge in [-0.25, -0.2) is 4.68 Å². The number of carbonyl (C=O) groups is 1. The van der Waals surface area contributed by atoms with Crippen molar-refractivity contribution in [3.63, 3.8) is 0 Å². The van der Waals surface area contributed by atoms with E-state index in [-0.39, 0.29) is 5.91 Å². The fourth-order valence-corrected chi connectivity index (χ4v) is 2.85. The van der Waals surface area contributed by atoms with Crippen LogP contribution in [0.1, 0.15) is 18.3 Å². The molecule has 1 heterocycles. The lowest BCUT2D eigenvalue weighted by atomic mass is 10.2. The Labute approximate surface area is 157 Å². The maximum Gasteiger partial charge on any atom is 0.265 e. The van der Waals surface area contributed by atoms with Crippen LogP contribution in [0.5, 0.6) is 5.75 Å². The Kier molecular flexibility index (Phi) is 5.28. The molecule has 0 aliphatic rings. The topological polar surface area (TPSA) is 56.2 Å². The van der Waals surface area contributed by atoms with Gasteiger partial charge in [0.05, 0.1) is 22.8 Å². The van der Waals surface area contributed by atoms with Crippen LogP contribution in [0.15, 0.2) is 54.6 Å². The van der Waals surface area contributed by atoms with E-state index < -0.39 is 6.10 Å². The van der Waals surface area contributed by atoms with E-state index in [0.29, 0.717) is 16.5 Å². The van der Waals surface area contributed by atoms with Crippen molar-refractivity contribution in [3.8, 4) is 11.4 Å². The zero-order valence-electron chi connectivity index (χ0n) is 14.9. The number of nitrogens with one attached hydrogen (secondary N) is 1. The molecule has 1 atom stereocenters. The summed E-state index contributed by atoms with van der Waals surface area (Å²) in [6.45, 7) is 5.48. The number of benzene rings is 2. The normalized spacial score (nSPS) is 11.8. The molecule has 1 amide bonds. The zero-order valence-corrected chi connectivity index (χ0v) is 15.6. The number of aromatic nitrogens is 2. The molecule has 0 saturated carbocycles. The van der Waals surface area contributed by atoms with E-state index in [4.69, 9.17) is 16.3 Å². The van der Waals surface area contributed by atoms with Gasteiger partial charge in [0, 0.05) is 5.02 Å². The van der Waals surface area contributed by atoms with Crippen molar-refractivity contribution in [1.82, 2.24) is 9.78 Å². The molecule has 3 rings (SSSR count). The number of amides is 1. The summed E-state index contributed by atoms with van der Waals surface area (Å²) in [5.74, 6) is 0.303. The highest BCUT2D eigenvalue weighted by Gasteiger charge is 2.20. The van der Waals surface area contributed by atoms with Crippen molar-refractivity contribution >= 4 is 23.2 Å². The van der Waals surface area contributed by atoms with Gasteiger partial charge in [0.25, 0.3) is 5.91 Å². The first-order chi connectivity index (χ1) is 12.5. The molecule has 0 saturated heterocycles. The molecule has 134 valence electrons. The second kappa shape index (κ2) is 7.62. The summed E-state index contributed by atoms with van der Waals surface area (Å²) in [7, 11) is 0. The standard InChI is InChI=1S/C20H20ClN3O2/c1-13-19(14(2)24(23-13)17-9-5-4-6-10-17)22-20(25)15(3)26-18-11-7-8-16(21)12-18/h4-12,15H,1-3H3,(H,22,25). The van der Waals surface area contributed by atoms with Gasteiger partial charge in [-0.1, -0.05) is 35.9 Å². The van der Waals surface area contributed by atoms with E-state index in [0.717, 1.165) is 17.1 Å². The highest BCUT2D eigenvalue weighted by Crippen LogP contribution is 2.24. The SMILES string of the molecule is Cc1nn(-c2ccccc2)c(C)c1NC(=O)C(C)Oc1cccc(Cl)c1. The minimum Gasteiger partial charge on any atom is -0.481 e. The summed E-state index contributed by atoms with van der Waals surface area (Å²) in [6, 6.07) is 16.8. The maximum absolute atomic E-state index is 12.5. The van der Waals surface area contributed by atoms with Crippen LogP contribution in [0.2, 0.25) is 5.02 Å². The zero-order chi connectivity index (χ0) is 18.7. The van der Waals surface area contributed by atoms with Gasteiger partial charge in [-0.3, -0.25) is 4.79 Å². The van der Waals surface area contributed by atoms with Crippen molar-refractivity contribution < 1.29 is 9.53 Å². The van der Waals surface area contributed by atoms with Crippen molar-refractivity contribution in [2.24, 2.45) is 0 Å². The average molecular weight is 370 g/mol. The molecule has 2 aromatic carbocycles. The number of hydrogen-bond donors (Lipinski definition) is 1. The maximum atomic E-state index is 12.5. The molecular formula is C20H20ClN3O2. The van der Waals surface area contributed by atoms with Crippen molar-refractivity contribution in [3.05, 3.63) is 71.0 Å². The highest BCUT2D eigenvalue weighted by molar-refractivity contribution is 6.30. The van der Waals surface area contributed by atoms with Crippen molar-refractivity contribution in [2.45, 2.75) is 26.9 Å². The Bertz CT molecular complexity index is 922. The van der Waals surface area contributed by atoms with Crippen molar-refractivity contribution in [2.75, 3.05) is 5.32 Å². The summed E-state index contributed by atoms with van der Waals surface area (Å²) >= 11 is 5.95. The number of carbonyl (C=O) groups excluding carboxylic acids is 1. The third-order valence-corrected chi connectivity index (χ3v) is 4.25. The number of ether oxygens (including phenoxy) is 1. The van der Waals surface area contributed by atoms with E-state index in [2.05, 4.69) is 10.4 Å². The first-order valence-corrected chi connectivity index (χ1v) is 8.68. The summed E-state index contributed by atoms with van der Waals surface area (Å²) in [5.41, 5.74) is 3.24. The van der Waals surface area contributed by atoms with Gasteiger partial charge in [-0.2, -0.15) is 5.10 Å². The summed E-state index contributed by atoms with van der Waals surface area (Å²) in [4.78, 5) is 12.5. The van der Waals surface area contributed by atoms with Crippen LogP contribution in [0.25, 0.3) is 5.69 Å². The van der Waals surface area contributed by atoms with Gasteiger partial charge in [0.15, 0.2) is 6.10 Å². The molecule has 1 N–H and O–H groups in total. The number of anilines is 1. The molecule has 1 unspecified atom stereocenters. The summed E-state index contributed by atoms with van der Waals surface area (Å²) < 4.78 is 7.49. The van der Waals surface area contributed by atoms with E-state index in [1.54, 1.807) is 31.2 Å². The lowest BCUT2D eigenvalue weighted by molar-refractivity contribution is -0.122. The quantitative estimate of drug-likeness (QED) is 0.717. The number of aryl methyl sites for hydroxylation is 1. The van der Waals surface area contributed by atoms with Crippen LogP contribution in [0, 0.1) is 13.8 Å². The minimum absolute atomic E-state index is 0.246. The molecule has 0 bridgehead atoms. The first kappa shape index (κ1) is 18.0. The molecule has 26 heavy (non-hydrogen) atoms. The number of halogens is 1. The second-order valence-corrected chi connectivity index (χ2v) is 6.44. The molecule has 0 spiro atoms. The lowest BCUT2D eigenvalue weighted by Crippen LogP contribution is -2.30. The second-order valence-electron chi connectivity index (χ2n) is 6.00. The first-order valence-electron chi connectivity index (χ1n) is 8.30. The van der Waals surface area contributed by atoms with E-state index >= 15 is 0 Å². The molecule has 5 nitrogen and oxygen atoms in total. The largest absolute Gasteiger partial charge is 0.481 e. The minimum atomic E-state index is -0.674. The Morgan fingerprint density at radius 2 is 1.88 bits per heavy atom. The van der Waals surface area contributed by atoms with E-state index in [1.807, 2.05) is 48.9 Å². The number of nitrogens with zero attached hydrogens (tertiary/aromatic N) is 2. The van der Waals surface area contributed by atoms with Crippen LogP contribution in [-0.2, 0) is 4.79 Å². The predicted octanol–water partition coefficient (Wildman–Crippen LogP) is 4.55. The Balaban J connectivity index is 1.76. The smallest absolute Gasteiger partial charge is 0.265 e. The van der Waals surface area contributed by atoms with Crippen LogP contribution >= 0.6 is 11.6 Å². The number of hydrogen-bond acceptors (Lipinski definition) is 3. The third-order valence-electron chi connectivity index (χ3n) is 4.02. The molecular weight excluding hydrogens is 350 g/mol. The van der Waals surface area contributed by atoms with Gasteiger partial charge >= 0.3 is 0 Å². The average Bonchev–Trinajstić information content (AvgIpc) is 2.90. The van der Waals surface area contributed by atoms with Gasteiger partial charge in [0.2, 0.25) is 0 Å². The fourth-order valence-electron chi connectivity index (χ4n) is 2.67. The molecule has 0 radical (unpaired) electrons. The Morgan fingerprint density at radius 1 is 1.15 bits per heavy atom. The molecule has 1 aromatic heterocycles. The van der Waals surface area contributed by atoms with Gasteiger partial charge in [0.1, 0.15) is 5.75 Å². The van der Waals surface area contributed by atoms with Crippen LogP contribution in [0.4, 0.5) is 5.69 Å². The van der Waals surface area contributed by atoms with Crippen LogP contribution in [-0.4, -0.2) is 21.8 Å². The Morgan fingerprint density at radius 3 is 2.58 bits per heavy atom. The van der Waals surface area contributed by atoms with E-state index in [9.17, 15) is 4.79 Å². The monoisotopic (exact) mass is 369 g/mol. The van der Waals surface area contributed by atoms with Gasteiger partial charge in [-0.15, -0.1) is 0 Å². The number of rotatable bonds is 5. The predicted molar refractivity (Wildman–Crippen MR) is 103 cm³/mol. The Hall–Kier alpha value is -2.79. The molecule has 3 aromatic rings. The third kappa shape index (κ3) is 3.89. The summed E-state index contributed by atoms with van der Waals surface area (Å²) in [6.07, 6.45) is -0.674. The molecule has 0 aliphatic heterocycles. The lowest BCUT2D eigenvalue weighted by Gasteiger charge is -2.15. The number of para-hydroxylation sites is 1. The highest BCUT2D eigenvalue weighted by atomic mass is 35.5. The van der Waals surface area contributed by atoms with E-state index in [1.165, 1.54) is 0 Å². The van der Waals surface area contributed by atoms with Crippen molar-refractivity contribution in [1.29, 1.82) is 0 Å².